The van der Waals surface area contributed by atoms with Gasteiger partial charge in [0.05, 0.1) is 17.9 Å². The summed E-state index contributed by atoms with van der Waals surface area (Å²) in [6.45, 7) is 2.00. The Morgan fingerprint density at radius 3 is 2.46 bits per heavy atom. The number of amidine groups is 1. The maximum Gasteiger partial charge on any atom is 0.338 e. The van der Waals surface area contributed by atoms with Gasteiger partial charge >= 0.3 is 5.97 Å². The number of benzene rings is 3. The Bertz CT molecular complexity index is 1400. The van der Waals surface area contributed by atoms with Crippen molar-refractivity contribution in [2.75, 3.05) is 16.8 Å². The predicted octanol–water partition coefficient (Wildman–Crippen LogP) is 5.10. The van der Waals surface area contributed by atoms with Crippen molar-refractivity contribution in [1.29, 1.82) is 0 Å². The highest BCUT2D eigenvalue weighted by Crippen LogP contribution is 2.34. The summed E-state index contributed by atoms with van der Waals surface area (Å²) in [4.78, 5) is 39.3. The van der Waals surface area contributed by atoms with Gasteiger partial charge in [-0.1, -0.05) is 48.2 Å². The molecule has 0 bridgehead atoms. The van der Waals surface area contributed by atoms with E-state index in [9.17, 15) is 19.5 Å². The van der Waals surface area contributed by atoms with Gasteiger partial charge in [0, 0.05) is 18.3 Å². The minimum absolute atomic E-state index is 0.0607. The molecule has 0 aromatic heterocycles. The lowest BCUT2D eigenvalue weighted by atomic mass is 10.2. The third-order valence-electron chi connectivity index (χ3n) is 5.48. The second-order valence-electron chi connectivity index (χ2n) is 8.26. The van der Waals surface area contributed by atoms with Crippen LogP contribution in [0.15, 0.2) is 95.1 Å². The molecule has 4 rings (SSSR count). The van der Waals surface area contributed by atoms with E-state index in [0.717, 1.165) is 17.3 Å². The Balaban J connectivity index is 1.45. The van der Waals surface area contributed by atoms with E-state index in [1.54, 1.807) is 49.4 Å². The molecule has 3 aromatic carbocycles. The Morgan fingerprint density at radius 1 is 1.05 bits per heavy atom. The maximum absolute atomic E-state index is 13.3. The number of rotatable bonds is 9. The number of carbonyl (C=O) groups is 3. The molecule has 2 N–H and O–H groups in total. The molecule has 1 fully saturated rings. The zero-order valence-corrected chi connectivity index (χ0v) is 21.9. The van der Waals surface area contributed by atoms with Crippen LogP contribution in [0.25, 0.3) is 6.08 Å². The minimum Gasteiger partial charge on any atom is -0.508 e. The Morgan fingerprint density at radius 2 is 1.77 bits per heavy atom. The van der Waals surface area contributed by atoms with Crippen molar-refractivity contribution < 1.29 is 24.2 Å². The second kappa shape index (κ2) is 13.2. The molecule has 1 aliphatic heterocycles. The molecule has 3 aromatic rings. The van der Waals surface area contributed by atoms with Crippen molar-refractivity contribution in [3.63, 3.8) is 0 Å². The number of phenolic OH excluding ortho intramolecular Hbond substituents is 1. The van der Waals surface area contributed by atoms with Gasteiger partial charge in [0.15, 0.2) is 5.17 Å². The summed E-state index contributed by atoms with van der Waals surface area (Å²) in [5.74, 6) is -1.08. The van der Waals surface area contributed by atoms with Crippen LogP contribution < -0.4 is 10.2 Å². The van der Waals surface area contributed by atoms with E-state index in [1.165, 1.54) is 23.2 Å². The highest BCUT2D eigenvalue weighted by atomic mass is 32.2. The molecule has 0 saturated carbocycles. The molecule has 2 amide bonds. The molecular formula is C29H26N4O5S. The van der Waals surface area contributed by atoms with Gasteiger partial charge in [0.1, 0.15) is 11.0 Å². The zero-order chi connectivity index (χ0) is 27.6. The monoisotopic (exact) mass is 542 g/mol. The van der Waals surface area contributed by atoms with E-state index in [1.807, 2.05) is 36.4 Å². The molecule has 9 nitrogen and oxygen atoms in total. The van der Waals surface area contributed by atoms with Crippen LogP contribution in [-0.2, 0) is 14.3 Å². The van der Waals surface area contributed by atoms with E-state index in [-0.39, 0.29) is 30.6 Å². The lowest BCUT2D eigenvalue weighted by Gasteiger charge is -2.15. The summed E-state index contributed by atoms with van der Waals surface area (Å²) < 4.78 is 4.96. The van der Waals surface area contributed by atoms with Gasteiger partial charge in [-0.05, 0) is 67.1 Å². The van der Waals surface area contributed by atoms with Crippen LogP contribution in [-0.4, -0.2) is 46.1 Å². The van der Waals surface area contributed by atoms with Crippen molar-refractivity contribution in [2.24, 2.45) is 10.2 Å². The van der Waals surface area contributed by atoms with Crippen LogP contribution in [0.2, 0.25) is 0 Å². The average molecular weight is 543 g/mol. The fraction of sp³-hybridized carbons (Fsp3) is 0.138. The van der Waals surface area contributed by atoms with Crippen molar-refractivity contribution in [3.05, 3.63) is 96.1 Å². The number of nitrogens with zero attached hydrogens (tertiary/aromatic N) is 3. The molecule has 1 aliphatic rings. The number of nitrogens with one attached hydrogen (secondary N) is 1. The van der Waals surface area contributed by atoms with Crippen LogP contribution >= 0.6 is 11.8 Å². The molecule has 1 saturated heterocycles. The van der Waals surface area contributed by atoms with Crippen LogP contribution in [0.4, 0.5) is 11.4 Å². The second-order valence-corrected chi connectivity index (χ2v) is 9.43. The quantitative estimate of drug-likeness (QED) is 0.220. The van der Waals surface area contributed by atoms with Crippen LogP contribution in [0.3, 0.4) is 0 Å². The average Bonchev–Trinajstić information content (AvgIpc) is 3.24. The van der Waals surface area contributed by atoms with E-state index in [0.29, 0.717) is 22.1 Å². The SMILES string of the molecule is CCOC(=O)c1ccc(NC(=O)CC2SC(=NN=CC=Cc3ccccc3)N(c3ccc(O)cc3)C2=O)cc1. The Labute approximate surface area is 229 Å². The smallest absolute Gasteiger partial charge is 0.338 e. The summed E-state index contributed by atoms with van der Waals surface area (Å²) in [7, 11) is 0. The van der Waals surface area contributed by atoms with Gasteiger partial charge in [0.2, 0.25) is 11.8 Å². The standard InChI is InChI=1S/C29H26N4O5S/c1-2-38-28(37)21-10-12-22(13-11-21)31-26(35)19-25-27(36)33(23-14-16-24(34)17-15-23)29(39-25)32-30-18-6-9-20-7-4-3-5-8-20/h3-18,25,34H,2,19H2,1H3,(H,31,35). The number of allylic oxidation sites excluding steroid dienone is 1. The van der Waals surface area contributed by atoms with Gasteiger partial charge in [-0.15, -0.1) is 5.10 Å². The summed E-state index contributed by atoms with van der Waals surface area (Å²) in [6, 6.07) is 22.2. The molecule has 1 heterocycles. The summed E-state index contributed by atoms with van der Waals surface area (Å²) >= 11 is 1.14. The number of amides is 2. The molecule has 39 heavy (non-hydrogen) atoms. The molecule has 0 aliphatic carbocycles. The number of esters is 1. The number of hydrogen-bond donors (Lipinski definition) is 2. The van der Waals surface area contributed by atoms with Gasteiger partial charge in [-0.25, -0.2) is 4.79 Å². The molecule has 1 atom stereocenters. The topological polar surface area (TPSA) is 121 Å². The number of ether oxygens (including phenoxy) is 1. The van der Waals surface area contributed by atoms with E-state index in [4.69, 9.17) is 4.74 Å². The molecule has 198 valence electrons. The van der Waals surface area contributed by atoms with Gasteiger partial charge in [-0.2, -0.15) is 5.10 Å². The fourth-order valence-corrected chi connectivity index (χ4v) is 4.72. The third kappa shape index (κ3) is 7.42. The fourth-order valence-electron chi connectivity index (χ4n) is 3.63. The van der Waals surface area contributed by atoms with E-state index < -0.39 is 11.2 Å². The van der Waals surface area contributed by atoms with E-state index >= 15 is 0 Å². The first-order valence-electron chi connectivity index (χ1n) is 12.1. The van der Waals surface area contributed by atoms with Gasteiger partial charge in [0.25, 0.3) is 0 Å². The lowest BCUT2D eigenvalue weighted by Crippen LogP contribution is -2.33. The molecule has 1 unspecified atom stereocenters. The van der Waals surface area contributed by atoms with Crippen molar-refractivity contribution >= 4 is 58.4 Å². The Kier molecular flexibility index (Phi) is 9.25. The van der Waals surface area contributed by atoms with E-state index in [2.05, 4.69) is 15.5 Å². The normalized spacial score (nSPS) is 16.3. The number of phenols is 1. The minimum atomic E-state index is -0.730. The Hall–Kier alpha value is -4.70. The number of anilines is 2. The first-order chi connectivity index (χ1) is 18.9. The van der Waals surface area contributed by atoms with Crippen molar-refractivity contribution in [1.82, 2.24) is 0 Å². The molecule has 0 spiro atoms. The zero-order valence-electron chi connectivity index (χ0n) is 21.1. The number of aromatic hydroxyl groups is 1. The number of thioether (sulfide) groups is 1. The number of carbonyl (C=O) groups excluding carboxylic acids is 3. The first-order valence-corrected chi connectivity index (χ1v) is 13.0. The third-order valence-corrected chi connectivity index (χ3v) is 6.61. The number of hydrogen-bond acceptors (Lipinski definition) is 8. The summed E-state index contributed by atoms with van der Waals surface area (Å²) in [5.41, 5.74) is 2.37. The first kappa shape index (κ1) is 27.3. The summed E-state index contributed by atoms with van der Waals surface area (Å²) in [6.07, 6.45) is 5.03. The molecule has 10 heteroatoms. The van der Waals surface area contributed by atoms with Gasteiger partial charge in [-0.3, -0.25) is 14.5 Å². The maximum atomic E-state index is 13.3. The van der Waals surface area contributed by atoms with Crippen LogP contribution in [0, 0.1) is 0 Å². The molecule has 0 radical (unpaired) electrons. The van der Waals surface area contributed by atoms with Crippen molar-refractivity contribution in [3.8, 4) is 5.75 Å². The highest BCUT2D eigenvalue weighted by molar-refractivity contribution is 8.16. The largest absolute Gasteiger partial charge is 0.508 e. The van der Waals surface area contributed by atoms with Crippen LogP contribution in [0.1, 0.15) is 29.3 Å². The molecular weight excluding hydrogens is 516 g/mol. The van der Waals surface area contributed by atoms with Gasteiger partial charge < -0.3 is 15.2 Å². The highest BCUT2D eigenvalue weighted by Gasteiger charge is 2.40. The summed E-state index contributed by atoms with van der Waals surface area (Å²) in [5, 5.41) is 20.3. The predicted molar refractivity (Wildman–Crippen MR) is 154 cm³/mol. The van der Waals surface area contributed by atoms with Crippen molar-refractivity contribution in [2.45, 2.75) is 18.6 Å². The lowest BCUT2D eigenvalue weighted by molar-refractivity contribution is -0.121. The van der Waals surface area contributed by atoms with Crippen LogP contribution in [0.5, 0.6) is 5.75 Å².